The molecule has 1 heterocycles. The molecule has 1 aliphatic heterocycles. The molecule has 0 spiro atoms. The number of carbonyl (C=O) groups excluding carboxylic acids is 2. The molecule has 1 unspecified atom stereocenters. The van der Waals surface area contributed by atoms with Crippen LogP contribution in [0.1, 0.15) is 33.8 Å². The molecule has 0 aliphatic carbocycles. The summed E-state index contributed by atoms with van der Waals surface area (Å²) in [6, 6.07) is 27.1. The van der Waals surface area contributed by atoms with Gasteiger partial charge in [0.05, 0.1) is 11.6 Å². The van der Waals surface area contributed by atoms with E-state index in [-0.39, 0.29) is 47.1 Å². The van der Waals surface area contributed by atoms with Crippen LogP contribution in [0.4, 0.5) is 0 Å². The van der Waals surface area contributed by atoms with Crippen LogP contribution in [-0.2, 0) is 11.2 Å². The Morgan fingerprint density at radius 2 is 1.62 bits per heavy atom. The van der Waals surface area contributed by atoms with Gasteiger partial charge in [-0.15, -0.1) is 0 Å². The summed E-state index contributed by atoms with van der Waals surface area (Å²) >= 11 is 6.35. The third-order valence-corrected chi connectivity index (χ3v) is 6.60. The number of hydrogen-bond donors (Lipinski definition) is 1. The van der Waals surface area contributed by atoms with Gasteiger partial charge in [0.15, 0.2) is 0 Å². The molecule has 4 aromatic carbocycles. The van der Waals surface area contributed by atoms with Crippen molar-refractivity contribution >= 4 is 23.5 Å². The first-order chi connectivity index (χ1) is 19.0. The number of hydrogen-bond acceptors (Lipinski definition) is 6. The molecule has 1 aliphatic rings. The summed E-state index contributed by atoms with van der Waals surface area (Å²) in [6.07, 6.45) is 0.973. The van der Waals surface area contributed by atoms with E-state index in [0.29, 0.717) is 47.8 Å². The van der Waals surface area contributed by atoms with Crippen LogP contribution in [0.15, 0.2) is 91.0 Å². The number of carbonyl (C=O) groups is 2. The van der Waals surface area contributed by atoms with E-state index in [0.717, 1.165) is 17.1 Å². The molecule has 1 amide bonds. The van der Waals surface area contributed by atoms with Gasteiger partial charge in [-0.2, -0.15) is 0 Å². The molecule has 0 saturated carbocycles. The first kappa shape index (κ1) is 29.5. The first-order valence-electron chi connectivity index (χ1n) is 12.5. The smallest absolute Gasteiger partial charge is 0.549 e. The van der Waals surface area contributed by atoms with Gasteiger partial charge in [0.25, 0.3) is 5.91 Å². The third kappa shape index (κ3) is 7.37. The molecular formula is C31H25ClNNaO6. The summed E-state index contributed by atoms with van der Waals surface area (Å²) in [7, 11) is 0. The van der Waals surface area contributed by atoms with Crippen LogP contribution in [0, 0.1) is 0 Å². The van der Waals surface area contributed by atoms with E-state index in [1.165, 1.54) is 6.07 Å². The Balaban J connectivity index is 0.00000370. The molecule has 0 bridgehead atoms. The molecule has 0 radical (unpaired) electrons. The van der Waals surface area contributed by atoms with Gasteiger partial charge in [0, 0.05) is 35.6 Å². The van der Waals surface area contributed by atoms with Crippen LogP contribution in [0.3, 0.4) is 0 Å². The average molecular weight is 566 g/mol. The fourth-order valence-corrected chi connectivity index (χ4v) is 4.54. The van der Waals surface area contributed by atoms with E-state index >= 15 is 0 Å². The van der Waals surface area contributed by atoms with Gasteiger partial charge in [-0.25, -0.2) is 0 Å². The van der Waals surface area contributed by atoms with Crippen molar-refractivity contribution in [2.45, 2.75) is 18.8 Å². The molecule has 0 aromatic heterocycles. The maximum absolute atomic E-state index is 12.6. The minimum atomic E-state index is -1.16. The van der Waals surface area contributed by atoms with Gasteiger partial charge < -0.3 is 29.4 Å². The molecule has 1 N–H and O–H groups in total. The SMILES string of the molecule is O=C(NCCc1cccc(Oc2ccccc2)c1)c1ccc(Oc2cc3c(cc2Cl)C(C(=O)[O-])CCO3)cc1.[Na+]. The second-order valence-electron chi connectivity index (χ2n) is 9.02. The van der Waals surface area contributed by atoms with E-state index in [4.69, 9.17) is 25.8 Å². The number of aliphatic carboxylic acids is 1. The molecule has 40 heavy (non-hydrogen) atoms. The van der Waals surface area contributed by atoms with Crippen LogP contribution in [0.5, 0.6) is 28.7 Å². The van der Waals surface area contributed by atoms with Gasteiger partial charge in [0.1, 0.15) is 28.7 Å². The standard InChI is InChI=1S/C31H26ClNO6.Na/c32-27-18-26-25(31(35)36)14-16-37-28(26)19-29(27)39-23-11-9-21(10-12-23)30(34)33-15-13-20-5-4-8-24(17-20)38-22-6-2-1-3-7-22;/h1-12,17-19,25H,13-16H2,(H,33,34)(H,35,36);/q;+1/p-1. The number of halogens is 1. The van der Waals surface area contributed by atoms with Gasteiger partial charge in [0.2, 0.25) is 0 Å². The molecule has 7 nitrogen and oxygen atoms in total. The van der Waals surface area contributed by atoms with Crippen molar-refractivity contribution in [1.82, 2.24) is 5.32 Å². The Kier molecular flexibility index (Phi) is 10.1. The topological polar surface area (TPSA) is 96.9 Å². The van der Waals surface area contributed by atoms with Crippen molar-refractivity contribution in [1.29, 1.82) is 0 Å². The van der Waals surface area contributed by atoms with Gasteiger partial charge in [-0.3, -0.25) is 4.79 Å². The summed E-state index contributed by atoms with van der Waals surface area (Å²) in [6.45, 7) is 0.729. The quantitative estimate of drug-likeness (QED) is 0.313. The molecule has 0 saturated heterocycles. The summed E-state index contributed by atoms with van der Waals surface area (Å²) in [5.74, 6) is 0.566. The Labute approximate surface area is 259 Å². The number of ether oxygens (including phenoxy) is 3. The number of para-hydroxylation sites is 1. The molecule has 0 fully saturated rings. The average Bonchev–Trinajstić information content (AvgIpc) is 2.94. The Hall–Kier alpha value is -3.49. The second-order valence-corrected chi connectivity index (χ2v) is 9.43. The van der Waals surface area contributed by atoms with E-state index in [1.807, 2.05) is 54.6 Å². The largest absolute Gasteiger partial charge is 1.00 e. The van der Waals surface area contributed by atoms with Crippen molar-refractivity contribution in [2.75, 3.05) is 13.2 Å². The zero-order chi connectivity index (χ0) is 27.2. The van der Waals surface area contributed by atoms with E-state index in [9.17, 15) is 14.7 Å². The predicted molar refractivity (Wildman–Crippen MR) is 145 cm³/mol. The molecule has 1 atom stereocenters. The number of fused-ring (bicyclic) bond motifs is 1. The number of amides is 1. The maximum atomic E-state index is 12.6. The maximum Gasteiger partial charge on any atom is 1.00 e. The van der Waals surface area contributed by atoms with Gasteiger partial charge in [-0.1, -0.05) is 41.9 Å². The molecule has 4 aromatic rings. The van der Waals surface area contributed by atoms with Gasteiger partial charge in [-0.05, 0) is 73.0 Å². The third-order valence-electron chi connectivity index (χ3n) is 6.31. The number of benzene rings is 4. The summed E-state index contributed by atoms with van der Waals surface area (Å²) < 4.78 is 17.4. The zero-order valence-corrected chi connectivity index (χ0v) is 24.6. The Morgan fingerprint density at radius 3 is 2.38 bits per heavy atom. The van der Waals surface area contributed by atoms with Crippen molar-refractivity contribution < 1.29 is 58.5 Å². The fraction of sp³-hybridized carbons (Fsp3) is 0.161. The summed E-state index contributed by atoms with van der Waals surface area (Å²) in [4.78, 5) is 24.1. The minimum Gasteiger partial charge on any atom is -0.549 e. The van der Waals surface area contributed by atoms with Crippen LogP contribution in [-0.4, -0.2) is 25.0 Å². The summed E-state index contributed by atoms with van der Waals surface area (Å²) in [5, 5.41) is 14.6. The van der Waals surface area contributed by atoms with E-state index in [1.54, 1.807) is 30.3 Å². The molecular weight excluding hydrogens is 541 g/mol. The Bertz CT molecular complexity index is 1480. The van der Waals surface area contributed by atoms with E-state index < -0.39 is 11.9 Å². The fourth-order valence-electron chi connectivity index (χ4n) is 4.33. The number of nitrogens with one attached hydrogen (secondary N) is 1. The normalized spacial score (nSPS) is 13.7. The van der Waals surface area contributed by atoms with Crippen molar-refractivity contribution in [3.05, 3.63) is 113 Å². The number of carboxylic acids is 1. The molecule has 9 heteroatoms. The Morgan fingerprint density at radius 1 is 0.900 bits per heavy atom. The van der Waals surface area contributed by atoms with Crippen molar-refractivity contribution in [2.24, 2.45) is 0 Å². The number of rotatable bonds is 9. The molecule has 5 rings (SSSR count). The first-order valence-corrected chi connectivity index (χ1v) is 12.9. The van der Waals surface area contributed by atoms with Crippen LogP contribution >= 0.6 is 11.6 Å². The van der Waals surface area contributed by atoms with Crippen LogP contribution < -0.4 is 54.2 Å². The van der Waals surface area contributed by atoms with Crippen molar-refractivity contribution in [3.63, 3.8) is 0 Å². The van der Waals surface area contributed by atoms with Crippen LogP contribution in [0.25, 0.3) is 0 Å². The van der Waals surface area contributed by atoms with Gasteiger partial charge >= 0.3 is 29.6 Å². The summed E-state index contributed by atoms with van der Waals surface area (Å²) in [5.41, 5.74) is 2.01. The van der Waals surface area contributed by atoms with Crippen molar-refractivity contribution in [3.8, 4) is 28.7 Å². The zero-order valence-electron chi connectivity index (χ0n) is 21.9. The minimum absolute atomic E-state index is 0. The number of carboxylic acid groups (broad SMARTS) is 1. The second kappa shape index (κ2) is 13.7. The molecule has 198 valence electrons. The van der Waals surface area contributed by atoms with E-state index in [2.05, 4.69) is 5.32 Å². The van der Waals surface area contributed by atoms with Crippen LogP contribution in [0.2, 0.25) is 5.02 Å². The monoisotopic (exact) mass is 565 g/mol. The predicted octanol–water partition coefficient (Wildman–Crippen LogP) is 2.52.